The third kappa shape index (κ3) is 1.64. The lowest BCUT2D eigenvalue weighted by Gasteiger charge is -2.16. The van der Waals surface area contributed by atoms with Crippen molar-refractivity contribution in [3.63, 3.8) is 0 Å². The first-order chi connectivity index (χ1) is 3.93. The van der Waals surface area contributed by atoms with Crippen LogP contribution in [0.25, 0.3) is 0 Å². The maximum atomic E-state index is 5.31. The molecule has 0 amide bonds. The van der Waals surface area contributed by atoms with E-state index in [1.807, 2.05) is 0 Å². The normalized spacial score (nSPS) is 23.6. The minimum absolute atomic E-state index is 0.477. The zero-order valence-corrected chi connectivity index (χ0v) is 5.69. The van der Waals surface area contributed by atoms with Crippen molar-refractivity contribution >= 4 is 11.8 Å². The fourth-order valence-corrected chi connectivity index (χ4v) is 1.37. The summed E-state index contributed by atoms with van der Waals surface area (Å²) in [4.78, 5) is 3.72. The van der Waals surface area contributed by atoms with Gasteiger partial charge in [0.1, 0.15) is 0 Å². The molecule has 0 spiro atoms. The summed E-state index contributed by atoms with van der Waals surface area (Å²) in [5.41, 5.74) is 0. The molecule has 8 heavy (non-hydrogen) atoms. The molecule has 1 aliphatic carbocycles. The van der Waals surface area contributed by atoms with Gasteiger partial charge in [0.2, 0.25) is 0 Å². The van der Waals surface area contributed by atoms with Gasteiger partial charge in [-0.2, -0.15) is 0 Å². The fourth-order valence-electron chi connectivity index (χ4n) is 1.18. The first-order valence-electron chi connectivity index (χ1n) is 3.24. The molecule has 0 aromatic rings. The van der Waals surface area contributed by atoms with Crippen molar-refractivity contribution in [1.82, 2.24) is 4.84 Å². The third-order valence-corrected chi connectivity index (χ3v) is 1.99. The van der Waals surface area contributed by atoms with Crippen molar-refractivity contribution in [2.45, 2.75) is 38.1 Å². The smallest absolute Gasteiger partial charge is 0.0423 e. The Morgan fingerprint density at radius 3 is 2.12 bits per heavy atom. The van der Waals surface area contributed by atoms with Gasteiger partial charge < -0.3 is 0 Å². The summed E-state index contributed by atoms with van der Waals surface area (Å²) in [5.74, 6) is 0. The lowest BCUT2D eigenvalue weighted by atomic mass is 9.96. The number of hydrogen-bond donors (Lipinski definition) is 0. The van der Waals surface area contributed by atoms with Crippen LogP contribution in [0.4, 0.5) is 0 Å². The van der Waals surface area contributed by atoms with Crippen LogP contribution in [-0.4, -0.2) is 6.04 Å². The Kier molecular flexibility index (Phi) is 2.64. The van der Waals surface area contributed by atoms with Gasteiger partial charge in [0.15, 0.2) is 0 Å². The Labute approximate surface area is 55.5 Å². The Morgan fingerprint density at radius 1 is 1.12 bits per heavy atom. The predicted octanol–water partition coefficient (Wildman–Crippen LogP) is 2.08. The van der Waals surface area contributed by atoms with Crippen molar-refractivity contribution in [2.75, 3.05) is 0 Å². The highest BCUT2D eigenvalue weighted by Gasteiger charge is 2.11. The van der Waals surface area contributed by atoms with Crippen LogP contribution in [0.5, 0.6) is 0 Å². The van der Waals surface area contributed by atoms with Gasteiger partial charge in [0.05, 0.1) is 0 Å². The largest absolute Gasteiger partial charge is 0.136 e. The molecule has 0 aliphatic heterocycles. The highest BCUT2D eigenvalue weighted by molar-refractivity contribution is 6.13. The number of rotatable bonds is 1. The van der Waals surface area contributed by atoms with Crippen LogP contribution >= 0.6 is 11.8 Å². The molecule has 0 atom stereocenters. The SMILES string of the molecule is Cl[N]C1CCCCC1. The summed E-state index contributed by atoms with van der Waals surface area (Å²) < 4.78 is 0. The van der Waals surface area contributed by atoms with E-state index in [0.717, 1.165) is 0 Å². The Hall–Kier alpha value is 0.250. The molecule has 0 aromatic carbocycles. The molecular weight excluding hydrogens is 122 g/mol. The molecular formula is C6H11ClN. The maximum Gasteiger partial charge on any atom is 0.0423 e. The molecule has 1 radical (unpaired) electrons. The van der Waals surface area contributed by atoms with Gasteiger partial charge in [0.25, 0.3) is 0 Å². The second-order valence-electron chi connectivity index (χ2n) is 2.39. The molecule has 1 fully saturated rings. The molecule has 2 heteroatoms. The summed E-state index contributed by atoms with van der Waals surface area (Å²) in [6.07, 6.45) is 6.44. The molecule has 1 nitrogen and oxygen atoms in total. The summed E-state index contributed by atoms with van der Waals surface area (Å²) in [6, 6.07) is 0.477. The molecule has 0 saturated heterocycles. The van der Waals surface area contributed by atoms with E-state index in [1.165, 1.54) is 32.1 Å². The lowest BCUT2D eigenvalue weighted by Crippen LogP contribution is -2.17. The second-order valence-corrected chi connectivity index (χ2v) is 2.58. The van der Waals surface area contributed by atoms with Gasteiger partial charge >= 0.3 is 0 Å². The van der Waals surface area contributed by atoms with Crippen molar-refractivity contribution < 1.29 is 0 Å². The van der Waals surface area contributed by atoms with Gasteiger partial charge in [0, 0.05) is 6.04 Å². The van der Waals surface area contributed by atoms with Crippen molar-refractivity contribution in [1.29, 1.82) is 0 Å². The molecule has 1 saturated carbocycles. The minimum atomic E-state index is 0.477. The molecule has 0 heterocycles. The van der Waals surface area contributed by atoms with Crippen molar-refractivity contribution in [3.8, 4) is 0 Å². The van der Waals surface area contributed by atoms with E-state index in [0.29, 0.717) is 6.04 Å². The Morgan fingerprint density at radius 2 is 1.75 bits per heavy atom. The predicted molar refractivity (Wildman–Crippen MR) is 34.9 cm³/mol. The van der Waals surface area contributed by atoms with Crippen LogP contribution in [0.3, 0.4) is 0 Å². The van der Waals surface area contributed by atoms with Gasteiger partial charge in [-0.25, -0.2) is 0 Å². The third-order valence-electron chi connectivity index (χ3n) is 1.71. The quantitative estimate of drug-likeness (QED) is 0.519. The van der Waals surface area contributed by atoms with Crippen molar-refractivity contribution in [2.24, 2.45) is 0 Å². The number of halogens is 1. The Bertz CT molecular complexity index is 59.5. The zero-order chi connectivity index (χ0) is 5.82. The summed E-state index contributed by atoms with van der Waals surface area (Å²) in [5, 5.41) is 0. The highest BCUT2D eigenvalue weighted by Crippen LogP contribution is 2.18. The number of nitrogens with zero attached hydrogens (tertiary/aromatic N) is 1. The standard InChI is InChI=1S/C6H11ClN/c7-8-6-4-2-1-3-5-6/h6H,1-5H2. The zero-order valence-electron chi connectivity index (χ0n) is 4.94. The van der Waals surface area contributed by atoms with E-state index < -0.39 is 0 Å². The highest BCUT2D eigenvalue weighted by atomic mass is 35.5. The fraction of sp³-hybridized carbons (Fsp3) is 1.00. The first-order valence-corrected chi connectivity index (χ1v) is 3.58. The molecule has 47 valence electrons. The van der Waals surface area contributed by atoms with Gasteiger partial charge in [-0.1, -0.05) is 19.3 Å². The van der Waals surface area contributed by atoms with E-state index in [2.05, 4.69) is 4.84 Å². The van der Waals surface area contributed by atoms with Crippen LogP contribution in [0, 0.1) is 0 Å². The molecule has 0 bridgehead atoms. The first kappa shape index (κ1) is 6.37. The van der Waals surface area contributed by atoms with E-state index in [9.17, 15) is 0 Å². The van der Waals surface area contributed by atoms with Crippen LogP contribution in [-0.2, 0) is 0 Å². The lowest BCUT2D eigenvalue weighted by molar-refractivity contribution is 0.417. The average Bonchev–Trinajstić information content (AvgIpc) is 1.90. The average molecular weight is 133 g/mol. The van der Waals surface area contributed by atoms with Gasteiger partial charge in [-0.15, -0.1) is 4.84 Å². The molecule has 1 aliphatic rings. The van der Waals surface area contributed by atoms with Crippen molar-refractivity contribution in [3.05, 3.63) is 0 Å². The minimum Gasteiger partial charge on any atom is -0.136 e. The van der Waals surface area contributed by atoms with Gasteiger partial charge in [-0.05, 0) is 24.6 Å². The number of hydrogen-bond acceptors (Lipinski definition) is 0. The monoisotopic (exact) mass is 132 g/mol. The molecule has 0 unspecified atom stereocenters. The van der Waals surface area contributed by atoms with E-state index in [-0.39, 0.29) is 0 Å². The van der Waals surface area contributed by atoms with E-state index >= 15 is 0 Å². The second kappa shape index (κ2) is 3.31. The maximum absolute atomic E-state index is 5.31. The Balaban J connectivity index is 2.13. The summed E-state index contributed by atoms with van der Waals surface area (Å²) >= 11 is 5.31. The van der Waals surface area contributed by atoms with Crippen LogP contribution in [0.1, 0.15) is 32.1 Å². The summed E-state index contributed by atoms with van der Waals surface area (Å²) in [6.45, 7) is 0. The van der Waals surface area contributed by atoms with E-state index in [1.54, 1.807) is 0 Å². The van der Waals surface area contributed by atoms with Crippen LogP contribution < -0.4 is 4.84 Å². The van der Waals surface area contributed by atoms with Gasteiger partial charge in [-0.3, -0.25) is 0 Å². The van der Waals surface area contributed by atoms with Crippen LogP contribution in [0.15, 0.2) is 0 Å². The van der Waals surface area contributed by atoms with Crippen LogP contribution in [0.2, 0.25) is 0 Å². The summed E-state index contributed by atoms with van der Waals surface area (Å²) in [7, 11) is 0. The molecule has 1 rings (SSSR count). The molecule has 0 aromatic heterocycles. The van der Waals surface area contributed by atoms with E-state index in [4.69, 9.17) is 11.8 Å². The molecule has 0 N–H and O–H groups in total. The topological polar surface area (TPSA) is 14.1 Å².